The highest BCUT2D eigenvalue weighted by Crippen LogP contribution is 2.37. The van der Waals surface area contributed by atoms with E-state index in [-0.39, 0.29) is 17.6 Å². The van der Waals surface area contributed by atoms with Crippen LogP contribution in [0.15, 0.2) is 24.4 Å². The summed E-state index contributed by atoms with van der Waals surface area (Å²) in [7, 11) is 1.98. The molecule has 1 atom stereocenters. The quantitative estimate of drug-likeness (QED) is 0.546. The van der Waals surface area contributed by atoms with Crippen molar-refractivity contribution >= 4 is 23.4 Å². The van der Waals surface area contributed by atoms with Crippen LogP contribution in [0.1, 0.15) is 41.9 Å². The van der Waals surface area contributed by atoms with Gasteiger partial charge in [-0.15, -0.1) is 0 Å². The highest BCUT2D eigenvalue weighted by Gasteiger charge is 2.24. The first kappa shape index (κ1) is 19.4. The number of carbonyl (C=O) groups is 1. The zero-order valence-corrected chi connectivity index (χ0v) is 16.4. The van der Waals surface area contributed by atoms with Gasteiger partial charge in [-0.05, 0) is 67.0 Å². The maximum absolute atomic E-state index is 11.0. The lowest BCUT2D eigenvalue weighted by molar-refractivity contribution is -0.137. The fourth-order valence-corrected chi connectivity index (χ4v) is 3.72. The molecule has 0 unspecified atom stereocenters. The molecule has 1 N–H and O–H groups in total. The van der Waals surface area contributed by atoms with Gasteiger partial charge in [0.15, 0.2) is 0 Å². The molecule has 0 bridgehead atoms. The van der Waals surface area contributed by atoms with E-state index in [1.54, 1.807) is 6.20 Å². The molecule has 3 rings (SSSR count). The maximum atomic E-state index is 11.0. The Balaban J connectivity index is 1.50. The lowest BCUT2D eigenvalue weighted by atomic mass is 9.98. The largest absolute Gasteiger partial charge is 0.494 e. The lowest BCUT2D eigenvalue weighted by Gasteiger charge is -2.20. The summed E-state index contributed by atoms with van der Waals surface area (Å²) >= 11 is 5.88. The molecule has 0 saturated heterocycles. The number of aryl methyl sites for hydroxylation is 2. The fraction of sp³-hybridized carbons (Fsp3) is 0.450. The summed E-state index contributed by atoms with van der Waals surface area (Å²) in [6, 6.07) is 6.01. The summed E-state index contributed by atoms with van der Waals surface area (Å²) in [5.41, 5.74) is 3.35. The van der Waals surface area contributed by atoms with Crippen molar-refractivity contribution in [3.63, 3.8) is 0 Å². The van der Waals surface area contributed by atoms with E-state index < -0.39 is 5.97 Å². The van der Waals surface area contributed by atoms with E-state index in [1.807, 2.05) is 31.0 Å². The van der Waals surface area contributed by atoms with Gasteiger partial charge in [0.1, 0.15) is 11.6 Å². The number of halogens is 1. The third kappa shape index (κ3) is 4.89. The average molecular weight is 390 g/mol. The van der Waals surface area contributed by atoms with Crippen LogP contribution in [0, 0.1) is 6.92 Å². The van der Waals surface area contributed by atoms with Gasteiger partial charge < -0.3 is 14.7 Å². The number of fused-ring (bicyclic) bond motifs is 1. The number of nitrogens with zero attached hydrogens (tertiary/aromatic N) is 3. The van der Waals surface area contributed by atoms with Crippen molar-refractivity contribution in [2.75, 3.05) is 25.1 Å². The van der Waals surface area contributed by atoms with Crippen molar-refractivity contribution in [2.24, 2.45) is 0 Å². The highest BCUT2D eigenvalue weighted by atomic mass is 35.5. The number of carboxylic acid groups (broad SMARTS) is 1. The molecule has 1 heterocycles. The minimum absolute atomic E-state index is 0.128. The van der Waals surface area contributed by atoms with E-state index in [0.717, 1.165) is 48.5 Å². The van der Waals surface area contributed by atoms with Crippen LogP contribution >= 0.6 is 11.6 Å². The standard InChI is InChI=1S/C20H24ClN3O3/c1-13-12-22-20(21)23-19(13)24(2)8-3-9-27-16-6-7-17-14(10-16)4-5-15(17)11-18(25)26/h6-7,10,12,15H,3-5,8-9,11H2,1-2H3,(H,25,26)/t15-/m0/s1. The molecule has 1 aromatic heterocycles. The first-order valence-corrected chi connectivity index (χ1v) is 9.49. The van der Waals surface area contributed by atoms with Crippen molar-refractivity contribution in [1.29, 1.82) is 0 Å². The topological polar surface area (TPSA) is 75.5 Å². The molecular formula is C20H24ClN3O3. The molecule has 27 heavy (non-hydrogen) atoms. The molecule has 6 nitrogen and oxygen atoms in total. The molecule has 144 valence electrons. The molecule has 7 heteroatoms. The molecule has 1 aliphatic carbocycles. The molecule has 0 fully saturated rings. The van der Waals surface area contributed by atoms with Crippen LogP contribution in [0.3, 0.4) is 0 Å². The second-order valence-corrected chi connectivity index (χ2v) is 7.30. The summed E-state index contributed by atoms with van der Waals surface area (Å²) in [6.07, 6.45) is 4.58. The Morgan fingerprint density at radius 1 is 1.44 bits per heavy atom. The molecule has 0 radical (unpaired) electrons. The summed E-state index contributed by atoms with van der Waals surface area (Å²) in [5.74, 6) is 1.06. The Morgan fingerprint density at radius 3 is 3.04 bits per heavy atom. The van der Waals surface area contributed by atoms with Crippen LogP contribution in [0.5, 0.6) is 5.75 Å². The van der Waals surface area contributed by atoms with E-state index in [2.05, 4.69) is 16.0 Å². The molecule has 0 aliphatic heterocycles. The Kier molecular flexibility index (Phi) is 6.16. The first-order valence-electron chi connectivity index (χ1n) is 9.11. The smallest absolute Gasteiger partial charge is 0.303 e. The lowest BCUT2D eigenvalue weighted by Crippen LogP contribution is -2.22. The number of hydrogen-bond acceptors (Lipinski definition) is 5. The van der Waals surface area contributed by atoms with E-state index >= 15 is 0 Å². The van der Waals surface area contributed by atoms with Crippen LogP contribution in [0.4, 0.5) is 5.82 Å². The zero-order chi connectivity index (χ0) is 19.4. The number of benzene rings is 1. The van der Waals surface area contributed by atoms with Crippen LogP contribution in [-0.2, 0) is 11.2 Å². The van der Waals surface area contributed by atoms with Gasteiger partial charge in [-0.3, -0.25) is 4.79 Å². The van der Waals surface area contributed by atoms with E-state index in [9.17, 15) is 4.79 Å². The highest BCUT2D eigenvalue weighted by molar-refractivity contribution is 6.28. The van der Waals surface area contributed by atoms with Gasteiger partial charge in [0.2, 0.25) is 5.28 Å². The zero-order valence-electron chi connectivity index (χ0n) is 15.6. The molecule has 2 aromatic rings. The summed E-state index contributed by atoms with van der Waals surface area (Å²) in [5, 5.41) is 9.26. The van der Waals surface area contributed by atoms with Crippen molar-refractivity contribution in [1.82, 2.24) is 9.97 Å². The SMILES string of the molecule is Cc1cnc(Cl)nc1N(C)CCCOc1ccc2c(c1)CC[C@H]2CC(=O)O. The predicted octanol–water partition coefficient (Wildman–Crippen LogP) is 3.85. The Morgan fingerprint density at radius 2 is 2.26 bits per heavy atom. The number of aliphatic carboxylic acids is 1. The molecule has 1 aliphatic rings. The number of carboxylic acids is 1. The molecular weight excluding hydrogens is 366 g/mol. The van der Waals surface area contributed by atoms with Gasteiger partial charge in [-0.25, -0.2) is 9.97 Å². The van der Waals surface area contributed by atoms with Gasteiger partial charge in [0, 0.05) is 25.4 Å². The van der Waals surface area contributed by atoms with Gasteiger partial charge in [0.25, 0.3) is 0 Å². The minimum Gasteiger partial charge on any atom is -0.494 e. The van der Waals surface area contributed by atoms with Crippen LogP contribution < -0.4 is 9.64 Å². The van der Waals surface area contributed by atoms with Gasteiger partial charge in [-0.1, -0.05) is 6.07 Å². The Hall–Kier alpha value is -2.34. The summed E-state index contributed by atoms with van der Waals surface area (Å²) < 4.78 is 5.89. The Bertz CT molecular complexity index is 828. The number of hydrogen-bond donors (Lipinski definition) is 1. The second-order valence-electron chi connectivity index (χ2n) is 6.96. The first-order chi connectivity index (χ1) is 12.9. The summed E-state index contributed by atoms with van der Waals surface area (Å²) in [6.45, 7) is 3.35. The average Bonchev–Trinajstić information content (AvgIpc) is 3.02. The van der Waals surface area contributed by atoms with Crippen molar-refractivity contribution in [3.8, 4) is 5.75 Å². The third-order valence-electron chi connectivity index (χ3n) is 4.92. The Labute approximate surface area is 164 Å². The van der Waals surface area contributed by atoms with Crippen molar-refractivity contribution < 1.29 is 14.6 Å². The fourth-order valence-electron chi connectivity index (χ4n) is 3.59. The van der Waals surface area contributed by atoms with E-state index in [0.29, 0.717) is 6.61 Å². The maximum Gasteiger partial charge on any atom is 0.303 e. The van der Waals surface area contributed by atoms with Gasteiger partial charge in [-0.2, -0.15) is 0 Å². The third-order valence-corrected chi connectivity index (χ3v) is 5.10. The van der Waals surface area contributed by atoms with Crippen LogP contribution in [0.25, 0.3) is 0 Å². The second kappa shape index (κ2) is 8.57. The molecule has 0 saturated carbocycles. The predicted molar refractivity (Wildman–Crippen MR) is 105 cm³/mol. The van der Waals surface area contributed by atoms with Crippen LogP contribution in [0.2, 0.25) is 5.28 Å². The molecule has 0 amide bonds. The summed E-state index contributed by atoms with van der Waals surface area (Å²) in [4.78, 5) is 21.3. The number of aromatic nitrogens is 2. The molecule has 0 spiro atoms. The monoisotopic (exact) mass is 389 g/mol. The van der Waals surface area contributed by atoms with Crippen molar-refractivity contribution in [3.05, 3.63) is 46.4 Å². The van der Waals surface area contributed by atoms with E-state index in [1.165, 1.54) is 5.56 Å². The van der Waals surface area contributed by atoms with Gasteiger partial charge >= 0.3 is 5.97 Å². The molecule has 1 aromatic carbocycles. The van der Waals surface area contributed by atoms with E-state index in [4.69, 9.17) is 21.4 Å². The van der Waals surface area contributed by atoms with Crippen LogP contribution in [-0.4, -0.2) is 41.2 Å². The number of rotatable bonds is 8. The van der Waals surface area contributed by atoms with Gasteiger partial charge in [0.05, 0.1) is 13.0 Å². The minimum atomic E-state index is -0.738. The normalized spacial score (nSPS) is 15.4. The number of anilines is 1. The number of ether oxygens (including phenoxy) is 1. The van der Waals surface area contributed by atoms with Crippen molar-refractivity contribution in [2.45, 2.75) is 38.5 Å².